The number of halogens is 2. The van der Waals surface area contributed by atoms with Gasteiger partial charge in [0, 0.05) is 28.1 Å². The highest BCUT2D eigenvalue weighted by atomic mass is 35.5. The highest BCUT2D eigenvalue weighted by molar-refractivity contribution is 7.07. The number of nitrogens with zero attached hydrogens (tertiary/aromatic N) is 5. The minimum absolute atomic E-state index is 0.0511. The fourth-order valence-electron chi connectivity index (χ4n) is 2.74. The average Bonchev–Trinajstić information content (AvgIpc) is 3.41. The number of hydrogen-bond donors (Lipinski definition) is 0. The van der Waals surface area contributed by atoms with Crippen LogP contribution in [0.4, 0.5) is 17.3 Å². The second-order valence-corrected chi connectivity index (χ2v) is 8.08. The third kappa shape index (κ3) is 5.00. The Morgan fingerprint density at radius 2 is 1.76 bits per heavy atom. The maximum absolute atomic E-state index is 11.0. The first-order valence-electron chi connectivity index (χ1n) is 9.05. The predicted octanol–water partition coefficient (Wildman–Crippen LogP) is 6.05. The van der Waals surface area contributed by atoms with Crippen LogP contribution in [0, 0.1) is 20.2 Å². The minimum atomic E-state index is -0.652. The quantitative estimate of drug-likeness (QED) is 0.179. The van der Waals surface area contributed by atoms with E-state index in [9.17, 15) is 20.2 Å². The van der Waals surface area contributed by atoms with Gasteiger partial charge in [0.25, 0.3) is 5.69 Å². The van der Waals surface area contributed by atoms with E-state index < -0.39 is 15.7 Å². The fourth-order valence-corrected chi connectivity index (χ4v) is 4.04. The Hall–Kier alpha value is -3.80. The monoisotopic (exact) mass is 503 g/mol. The highest BCUT2D eigenvalue weighted by Gasteiger charge is 2.13. The summed E-state index contributed by atoms with van der Waals surface area (Å²) in [6.45, 7) is 0. The van der Waals surface area contributed by atoms with Crippen molar-refractivity contribution in [2.75, 3.05) is 0 Å². The molecule has 0 bridgehead atoms. The molecule has 0 amide bonds. The summed E-state index contributed by atoms with van der Waals surface area (Å²) in [5.74, 6) is -0.259. The molecule has 10 nitrogen and oxygen atoms in total. The van der Waals surface area contributed by atoms with Crippen LogP contribution >= 0.6 is 34.5 Å². The van der Waals surface area contributed by atoms with E-state index in [-0.39, 0.29) is 11.4 Å². The lowest BCUT2D eigenvalue weighted by atomic mass is 10.1. The van der Waals surface area contributed by atoms with E-state index in [0.29, 0.717) is 31.8 Å². The average molecular weight is 504 g/mol. The van der Waals surface area contributed by atoms with Gasteiger partial charge >= 0.3 is 5.88 Å². The van der Waals surface area contributed by atoms with Crippen molar-refractivity contribution >= 4 is 58.0 Å². The molecule has 0 aliphatic heterocycles. The molecular formula is C20H11Cl2N5O5S. The van der Waals surface area contributed by atoms with Crippen LogP contribution in [0.15, 0.2) is 74.5 Å². The summed E-state index contributed by atoms with van der Waals surface area (Å²) in [5, 5.41) is 28.8. The normalized spacial score (nSPS) is 11.9. The Morgan fingerprint density at radius 1 is 1.00 bits per heavy atom. The van der Waals surface area contributed by atoms with Crippen molar-refractivity contribution < 1.29 is 14.3 Å². The van der Waals surface area contributed by atoms with Crippen LogP contribution in [0.2, 0.25) is 10.0 Å². The van der Waals surface area contributed by atoms with Crippen molar-refractivity contribution in [2.45, 2.75) is 0 Å². The molecule has 13 heteroatoms. The van der Waals surface area contributed by atoms with Crippen molar-refractivity contribution in [3.8, 4) is 11.3 Å². The summed E-state index contributed by atoms with van der Waals surface area (Å²) < 4.78 is 6.60. The van der Waals surface area contributed by atoms with E-state index in [1.165, 1.54) is 46.5 Å². The van der Waals surface area contributed by atoms with Crippen molar-refractivity contribution in [3.63, 3.8) is 0 Å². The second kappa shape index (κ2) is 9.36. The zero-order valence-corrected chi connectivity index (χ0v) is 18.6. The Balaban J connectivity index is 1.83. The molecular weight excluding hydrogens is 493 g/mol. The van der Waals surface area contributed by atoms with Crippen LogP contribution in [0.25, 0.3) is 11.3 Å². The van der Waals surface area contributed by atoms with Crippen LogP contribution in [-0.4, -0.2) is 20.7 Å². The molecule has 0 aliphatic carbocycles. The molecule has 0 N–H and O–H groups in total. The van der Waals surface area contributed by atoms with Gasteiger partial charge < -0.3 is 4.42 Å². The number of nitro groups is 2. The molecule has 2 aromatic heterocycles. The van der Waals surface area contributed by atoms with Gasteiger partial charge in [-0.2, -0.15) is 5.10 Å². The number of hydrogen-bond acceptors (Lipinski definition) is 8. The highest BCUT2D eigenvalue weighted by Crippen LogP contribution is 2.28. The molecule has 0 aliphatic rings. The van der Waals surface area contributed by atoms with Gasteiger partial charge in [0.1, 0.15) is 4.92 Å². The number of benzene rings is 2. The van der Waals surface area contributed by atoms with E-state index in [0.717, 1.165) is 0 Å². The number of non-ortho nitro benzene ring substituents is 1. The van der Waals surface area contributed by atoms with Gasteiger partial charge in [-0.05, 0) is 36.4 Å². The predicted molar refractivity (Wildman–Crippen MR) is 124 cm³/mol. The number of thiazole rings is 1. The van der Waals surface area contributed by atoms with Crippen LogP contribution in [0.3, 0.4) is 0 Å². The van der Waals surface area contributed by atoms with E-state index in [4.69, 9.17) is 27.6 Å². The second-order valence-electron chi connectivity index (χ2n) is 6.40. The first-order valence-corrected chi connectivity index (χ1v) is 10.7. The van der Waals surface area contributed by atoms with Crippen molar-refractivity contribution in [1.82, 2.24) is 4.68 Å². The van der Waals surface area contributed by atoms with Gasteiger partial charge in [-0.1, -0.05) is 23.2 Å². The third-order valence-electron chi connectivity index (χ3n) is 4.28. The number of aromatic nitrogens is 1. The van der Waals surface area contributed by atoms with Gasteiger partial charge in [0.05, 0.1) is 33.6 Å². The largest absolute Gasteiger partial charge is 0.433 e. The Morgan fingerprint density at radius 3 is 2.39 bits per heavy atom. The molecule has 0 saturated carbocycles. The SMILES string of the molecule is O=[N+]([O-])c1ccc(-c2csc(=Nc3ccc(Cl)cc3Cl)n2N=Cc2ccc([N+](=O)[O-])o2)cc1. The molecule has 0 saturated heterocycles. The Bertz CT molecular complexity index is 1460. The van der Waals surface area contributed by atoms with Crippen LogP contribution in [-0.2, 0) is 0 Å². The summed E-state index contributed by atoms with van der Waals surface area (Å²) in [6.07, 6.45) is 1.30. The standard InChI is InChI=1S/C20H11Cl2N5O5S/c21-13-3-7-17(16(22)9-13)24-20-25(23-10-15-6-8-19(32-15)27(30)31)18(11-33-20)12-1-4-14(5-2-12)26(28)29/h1-11H. The first-order chi connectivity index (χ1) is 15.8. The molecule has 0 radical (unpaired) electrons. The third-order valence-corrected chi connectivity index (χ3v) is 5.63. The lowest BCUT2D eigenvalue weighted by molar-refractivity contribution is -0.402. The van der Waals surface area contributed by atoms with E-state index in [1.807, 2.05) is 0 Å². The van der Waals surface area contributed by atoms with Crippen LogP contribution in [0.1, 0.15) is 5.76 Å². The summed E-state index contributed by atoms with van der Waals surface area (Å²) >= 11 is 13.5. The summed E-state index contributed by atoms with van der Waals surface area (Å²) in [6, 6.07) is 13.4. The summed E-state index contributed by atoms with van der Waals surface area (Å²) in [4.78, 5) is 25.7. The van der Waals surface area contributed by atoms with Gasteiger partial charge in [0.15, 0.2) is 5.76 Å². The molecule has 4 rings (SSSR count). The van der Waals surface area contributed by atoms with E-state index in [2.05, 4.69) is 10.1 Å². The van der Waals surface area contributed by atoms with E-state index >= 15 is 0 Å². The molecule has 0 unspecified atom stereocenters. The van der Waals surface area contributed by atoms with Crippen molar-refractivity contribution in [1.29, 1.82) is 0 Å². The molecule has 0 fully saturated rings. The minimum Gasteiger partial charge on any atom is -0.400 e. The van der Waals surface area contributed by atoms with E-state index in [1.54, 1.807) is 35.7 Å². The Kier molecular flexibility index (Phi) is 6.36. The van der Waals surface area contributed by atoms with Crippen LogP contribution in [0.5, 0.6) is 0 Å². The number of nitro benzene ring substituents is 1. The van der Waals surface area contributed by atoms with Crippen LogP contribution < -0.4 is 4.80 Å². The maximum atomic E-state index is 11.0. The summed E-state index contributed by atoms with van der Waals surface area (Å²) in [5.41, 5.74) is 1.62. The fraction of sp³-hybridized carbons (Fsp3) is 0. The number of furan rings is 1. The number of rotatable bonds is 6. The molecule has 166 valence electrons. The molecule has 0 atom stereocenters. The van der Waals surface area contributed by atoms with Gasteiger partial charge in [-0.3, -0.25) is 20.2 Å². The maximum Gasteiger partial charge on any atom is 0.433 e. The zero-order valence-electron chi connectivity index (χ0n) is 16.3. The van der Waals surface area contributed by atoms with Gasteiger partial charge in [-0.25, -0.2) is 9.67 Å². The summed E-state index contributed by atoms with van der Waals surface area (Å²) in [7, 11) is 0. The molecule has 0 spiro atoms. The van der Waals surface area contributed by atoms with Gasteiger partial charge in [-0.15, -0.1) is 11.3 Å². The Labute approximate surface area is 199 Å². The van der Waals surface area contributed by atoms with Crippen molar-refractivity contribution in [2.24, 2.45) is 10.1 Å². The topological polar surface area (TPSA) is 129 Å². The molecule has 4 aromatic rings. The molecule has 2 aromatic carbocycles. The lowest BCUT2D eigenvalue weighted by Crippen LogP contribution is -2.11. The lowest BCUT2D eigenvalue weighted by Gasteiger charge is -2.04. The molecule has 2 heterocycles. The molecule has 33 heavy (non-hydrogen) atoms. The van der Waals surface area contributed by atoms with Crippen molar-refractivity contribution in [3.05, 3.63) is 101 Å². The zero-order chi connectivity index (χ0) is 23.5. The first kappa shape index (κ1) is 22.4. The van der Waals surface area contributed by atoms with Gasteiger partial charge in [0.2, 0.25) is 4.80 Å². The smallest absolute Gasteiger partial charge is 0.400 e.